The van der Waals surface area contributed by atoms with E-state index in [-0.39, 0.29) is 43.1 Å². The number of rotatable bonds is 8. The molecule has 2 N–H and O–H groups in total. The fourth-order valence-corrected chi connectivity index (χ4v) is 3.44. The Bertz CT molecular complexity index is 1300. The summed E-state index contributed by atoms with van der Waals surface area (Å²) in [6.07, 6.45) is -0.656. The summed E-state index contributed by atoms with van der Waals surface area (Å²) in [5, 5.41) is 5.80. The first-order valence-electron chi connectivity index (χ1n) is 11.6. The van der Waals surface area contributed by atoms with Gasteiger partial charge in [-0.25, -0.2) is 9.59 Å². The van der Waals surface area contributed by atoms with Crippen molar-refractivity contribution in [2.45, 2.75) is 46.1 Å². The molecule has 0 saturated carbocycles. The number of anilines is 1. The quantitative estimate of drug-likeness (QED) is 0.348. The van der Waals surface area contributed by atoms with Crippen molar-refractivity contribution in [1.29, 1.82) is 0 Å². The van der Waals surface area contributed by atoms with Gasteiger partial charge in [0.15, 0.2) is 0 Å². The second-order valence-electron chi connectivity index (χ2n) is 9.14. The van der Waals surface area contributed by atoms with Crippen LogP contribution < -0.4 is 16.3 Å². The van der Waals surface area contributed by atoms with Gasteiger partial charge in [-0.3, -0.25) is 14.9 Å². The number of carbonyl (C=O) groups is 3. The fourth-order valence-electron chi connectivity index (χ4n) is 3.44. The van der Waals surface area contributed by atoms with Gasteiger partial charge in [0.25, 0.3) is 5.91 Å². The third-order valence-electron chi connectivity index (χ3n) is 5.37. The van der Waals surface area contributed by atoms with Crippen molar-refractivity contribution in [3.05, 3.63) is 75.6 Å². The van der Waals surface area contributed by atoms with Crippen molar-refractivity contribution in [2.24, 2.45) is 0 Å². The van der Waals surface area contributed by atoms with Crippen molar-refractivity contribution in [3.63, 3.8) is 0 Å². The van der Waals surface area contributed by atoms with E-state index in [2.05, 4.69) is 31.4 Å². The second-order valence-corrected chi connectivity index (χ2v) is 9.14. The molecule has 0 aliphatic heterocycles. The number of hydrogen-bond acceptors (Lipinski definition) is 7. The van der Waals surface area contributed by atoms with Crippen LogP contribution in [0.5, 0.6) is 0 Å². The van der Waals surface area contributed by atoms with Crippen LogP contribution in [-0.4, -0.2) is 31.1 Å². The van der Waals surface area contributed by atoms with E-state index >= 15 is 0 Å². The molecule has 1 heterocycles. The van der Waals surface area contributed by atoms with E-state index in [0.717, 1.165) is 5.56 Å². The van der Waals surface area contributed by atoms with E-state index < -0.39 is 17.7 Å². The summed E-state index contributed by atoms with van der Waals surface area (Å²) < 4.78 is 15.3. The summed E-state index contributed by atoms with van der Waals surface area (Å²) in [4.78, 5) is 48.1. The average Bonchev–Trinajstić information content (AvgIpc) is 2.81. The first-order chi connectivity index (χ1) is 17.1. The molecule has 2 amide bonds. The van der Waals surface area contributed by atoms with Gasteiger partial charge in [0.05, 0.1) is 13.0 Å². The van der Waals surface area contributed by atoms with Crippen LogP contribution in [-0.2, 0) is 26.3 Å². The zero-order valence-electron chi connectivity index (χ0n) is 20.8. The number of esters is 1. The fraction of sp³-hybridized carbons (Fsp3) is 0.333. The summed E-state index contributed by atoms with van der Waals surface area (Å²) >= 11 is 0. The lowest BCUT2D eigenvalue weighted by Crippen LogP contribution is -2.26. The molecular weight excluding hydrogens is 464 g/mol. The summed E-state index contributed by atoms with van der Waals surface area (Å²) in [7, 11) is 0. The molecule has 9 heteroatoms. The van der Waals surface area contributed by atoms with Crippen LogP contribution in [0.2, 0.25) is 0 Å². The Labute approximate surface area is 208 Å². The number of hydrogen-bond donors (Lipinski definition) is 2. The molecule has 190 valence electrons. The van der Waals surface area contributed by atoms with E-state index in [1.165, 1.54) is 12.1 Å². The maximum atomic E-state index is 12.3. The summed E-state index contributed by atoms with van der Waals surface area (Å²) in [5.41, 5.74) is 2.08. The van der Waals surface area contributed by atoms with Crippen LogP contribution in [0.25, 0.3) is 11.0 Å². The molecule has 3 aromatic rings. The molecule has 0 aliphatic carbocycles. The number of nitrogens with one attached hydrogen (secondary N) is 2. The van der Waals surface area contributed by atoms with Gasteiger partial charge >= 0.3 is 17.7 Å². The van der Waals surface area contributed by atoms with Gasteiger partial charge in [-0.1, -0.05) is 32.9 Å². The number of ether oxygens (including phenoxy) is 2. The van der Waals surface area contributed by atoms with Crippen LogP contribution in [0.1, 0.15) is 55.6 Å². The highest BCUT2D eigenvalue weighted by molar-refractivity contribution is 5.94. The predicted molar refractivity (Wildman–Crippen MR) is 135 cm³/mol. The molecule has 1 aromatic heterocycles. The highest BCUT2D eigenvalue weighted by atomic mass is 16.5. The van der Waals surface area contributed by atoms with Crippen LogP contribution in [0.3, 0.4) is 0 Å². The smallest absolute Gasteiger partial charge is 0.411 e. The van der Waals surface area contributed by atoms with Crippen LogP contribution in [0.15, 0.2) is 57.7 Å². The van der Waals surface area contributed by atoms with Crippen molar-refractivity contribution in [1.82, 2.24) is 5.32 Å². The third-order valence-corrected chi connectivity index (χ3v) is 5.37. The highest BCUT2D eigenvalue weighted by Crippen LogP contribution is 2.23. The zero-order chi connectivity index (χ0) is 26.3. The van der Waals surface area contributed by atoms with E-state index in [4.69, 9.17) is 13.9 Å². The minimum atomic E-state index is -0.627. The highest BCUT2D eigenvalue weighted by Gasteiger charge is 2.15. The minimum Gasteiger partial charge on any atom is -0.461 e. The van der Waals surface area contributed by atoms with Gasteiger partial charge in [-0.05, 0) is 42.2 Å². The number of benzene rings is 2. The topological polar surface area (TPSA) is 124 Å². The lowest BCUT2D eigenvalue weighted by Gasteiger charge is -2.19. The third kappa shape index (κ3) is 7.18. The van der Waals surface area contributed by atoms with Gasteiger partial charge in [0.1, 0.15) is 12.2 Å². The Morgan fingerprint density at radius 1 is 0.972 bits per heavy atom. The first-order valence-corrected chi connectivity index (χ1v) is 11.6. The van der Waals surface area contributed by atoms with Gasteiger partial charge in [0, 0.05) is 40.9 Å². The lowest BCUT2D eigenvalue weighted by atomic mass is 9.87. The van der Waals surface area contributed by atoms with Gasteiger partial charge in [0.2, 0.25) is 0 Å². The molecule has 2 aromatic carbocycles. The summed E-state index contributed by atoms with van der Waals surface area (Å²) in [6, 6.07) is 13.4. The number of fused-ring (bicyclic) bond motifs is 1. The number of carbonyl (C=O) groups excluding carboxylic acids is 3. The van der Waals surface area contributed by atoms with E-state index in [9.17, 15) is 19.2 Å². The van der Waals surface area contributed by atoms with Gasteiger partial charge in [-0.2, -0.15) is 0 Å². The molecule has 0 radical (unpaired) electrons. The predicted octanol–water partition coefficient (Wildman–Crippen LogP) is 4.52. The van der Waals surface area contributed by atoms with E-state index in [1.54, 1.807) is 31.2 Å². The monoisotopic (exact) mass is 494 g/mol. The summed E-state index contributed by atoms with van der Waals surface area (Å²) in [6.45, 7) is 8.16. The molecule has 0 fully saturated rings. The Morgan fingerprint density at radius 3 is 2.36 bits per heavy atom. The molecular formula is C27H30N2O7. The van der Waals surface area contributed by atoms with Crippen molar-refractivity contribution in [3.8, 4) is 0 Å². The van der Waals surface area contributed by atoms with Crippen molar-refractivity contribution < 1.29 is 28.3 Å². The van der Waals surface area contributed by atoms with E-state index in [0.29, 0.717) is 22.2 Å². The summed E-state index contributed by atoms with van der Waals surface area (Å²) in [5.74, 6) is -0.803. The Hall–Kier alpha value is -4.14. The molecule has 0 bridgehead atoms. The van der Waals surface area contributed by atoms with Crippen LogP contribution in [0.4, 0.5) is 10.5 Å². The first kappa shape index (κ1) is 26.5. The van der Waals surface area contributed by atoms with Gasteiger partial charge < -0.3 is 19.2 Å². The number of amides is 2. The molecule has 0 spiro atoms. The molecule has 0 atom stereocenters. The van der Waals surface area contributed by atoms with E-state index in [1.807, 2.05) is 12.1 Å². The second kappa shape index (κ2) is 11.5. The maximum absolute atomic E-state index is 12.3. The molecule has 36 heavy (non-hydrogen) atoms. The molecule has 0 unspecified atom stereocenters. The van der Waals surface area contributed by atoms with Crippen LogP contribution in [0, 0.1) is 0 Å². The molecule has 0 aliphatic rings. The normalized spacial score (nSPS) is 11.1. The maximum Gasteiger partial charge on any atom is 0.411 e. The van der Waals surface area contributed by atoms with Gasteiger partial charge in [-0.15, -0.1) is 0 Å². The van der Waals surface area contributed by atoms with Crippen molar-refractivity contribution >= 4 is 34.6 Å². The average molecular weight is 495 g/mol. The Morgan fingerprint density at radius 2 is 1.69 bits per heavy atom. The molecule has 0 saturated heterocycles. The largest absolute Gasteiger partial charge is 0.461 e. The lowest BCUT2D eigenvalue weighted by molar-refractivity contribution is -0.144. The molecule has 3 rings (SSSR count). The van der Waals surface area contributed by atoms with Crippen LogP contribution >= 0.6 is 0 Å². The minimum absolute atomic E-state index is 0.00833. The Kier molecular flexibility index (Phi) is 8.47. The van der Waals surface area contributed by atoms with Crippen molar-refractivity contribution in [2.75, 3.05) is 18.5 Å². The SMILES string of the molecule is CCOC(=O)Nc1ccc2c(COC(=O)CCNC(=O)c3ccc(C(C)(C)C)cc3)cc(=O)oc2c1. The molecule has 9 nitrogen and oxygen atoms in total. The standard InChI is InChI=1S/C27H30N2O7/c1-5-34-26(33)29-20-10-11-21-18(14-24(31)36-22(21)15-20)16-35-23(30)12-13-28-25(32)17-6-8-19(9-7-17)27(2,3)4/h6-11,14-15H,5,12-13,16H2,1-4H3,(H,28,32)(H,29,33). The Balaban J connectivity index is 1.54. The zero-order valence-corrected chi connectivity index (χ0v) is 20.8.